The van der Waals surface area contributed by atoms with E-state index in [4.69, 9.17) is 8.22 Å². The minimum atomic E-state index is -2.82. The number of anilines is 3. The molecule has 0 amide bonds. The van der Waals surface area contributed by atoms with Crippen LogP contribution in [0.15, 0.2) is 152 Å². The molecule has 0 atom stereocenters. The van der Waals surface area contributed by atoms with Crippen LogP contribution in [0.25, 0.3) is 33.4 Å². The van der Waals surface area contributed by atoms with Gasteiger partial charge in [-0.2, -0.15) is 0 Å². The van der Waals surface area contributed by atoms with E-state index in [1.165, 1.54) is 68.1 Å². The summed E-state index contributed by atoms with van der Waals surface area (Å²) in [5.41, 5.74) is 14.7. The van der Waals surface area contributed by atoms with Crippen LogP contribution in [0.3, 0.4) is 0 Å². The Morgan fingerprint density at radius 1 is 0.400 bits per heavy atom. The van der Waals surface area contributed by atoms with Gasteiger partial charge in [-0.15, -0.1) is 0 Å². The van der Waals surface area contributed by atoms with E-state index in [0.717, 1.165) is 22.5 Å². The average Bonchev–Trinajstić information content (AvgIpc) is 3.78. The Balaban J connectivity index is 1.29. The molecule has 0 aliphatic heterocycles. The fourth-order valence-corrected chi connectivity index (χ4v) is 9.96. The van der Waals surface area contributed by atoms with Crippen molar-refractivity contribution in [3.05, 3.63) is 196 Å². The molecule has 0 N–H and O–H groups in total. The molecule has 1 spiro atoms. The Morgan fingerprint density at radius 3 is 1.29 bits per heavy atom. The van der Waals surface area contributed by atoms with Gasteiger partial charge in [0.2, 0.25) is 0 Å². The minimum absolute atomic E-state index is 0.262. The van der Waals surface area contributed by atoms with Crippen LogP contribution < -0.4 is 4.90 Å². The molecule has 0 bridgehead atoms. The lowest BCUT2D eigenvalue weighted by atomic mass is 9.70. The third-order valence-corrected chi connectivity index (χ3v) is 12.7. The van der Waals surface area contributed by atoms with Crippen molar-refractivity contribution in [1.82, 2.24) is 0 Å². The summed E-state index contributed by atoms with van der Waals surface area (Å²) < 4.78 is 52.3. The molecule has 0 aromatic heterocycles. The molecule has 55 heavy (non-hydrogen) atoms. The van der Waals surface area contributed by atoms with E-state index < -0.39 is 29.9 Å². The summed E-state index contributed by atoms with van der Waals surface area (Å²) in [6.07, 6.45) is 0. The van der Waals surface area contributed by atoms with Crippen LogP contribution in [0.2, 0.25) is 0 Å². The molecule has 1 nitrogen and oxygen atoms in total. The van der Waals surface area contributed by atoms with Gasteiger partial charge < -0.3 is 4.90 Å². The largest absolute Gasteiger partial charge is 0.310 e. The smallest absolute Gasteiger partial charge is 0.0726 e. The Bertz CT molecular complexity index is 2870. The third kappa shape index (κ3) is 4.72. The monoisotopic (exact) mass is 717 g/mol. The summed E-state index contributed by atoms with van der Waals surface area (Å²) in [7, 11) is 0. The Morgan fingerprint density at radius 2 is 0.800 bits per heavy atom. The van der Waals surface area contributed by atoms with Crippen LogP contribution in [0.1, 0.15) is 108 Å². The molecule has 0 fully saturated rings. The van der Waals surface area contributed by atoms with Crippen LogP contribution in [-0.4, -0.2) is 0 Å². The normalized spacial score (nSPS) is 17.3. The molecule has 0 saturated heterocycles. The summed E-state index contributed by atoms with van der Waals surface area (Å²) in [5, 5.41) is 0. The summed E-state index contributed by atoms with van der Waals surface area (Å²) in [5.74, 6) is 0. The van der Waals surface area contributed by atoms with E-state index in [9.17, 15) is 0 Å². The molecule has 0 heterocycles. The predicted molar refractivity (Wildman–Crippen MR) is 232 cm³/mol. The van der Waals surface area contributed by atoms with Gasteiger partial charge in [0.25, 0.3) is 0 Å². The number of hydrogen-bond donors (Lipinski definition) is 0. The lowest BCUT2D eigenvalue weighted by Crippen LogP contribution is -2.26. The minimum Gasteiger partial charge on any atom is -0.310 e. The fraction of sp³-hybridized carbons (Fsp3) is 0.222. The molecule has 7 aromatic carbocycles. The van der Waals surface area contributed by atoms with Crippen molar-refractivity contribution in [2.45, 2.75) is 76.9 Å². The van der Waals surface area contributed by atoms with Gasteiger partial charge >= 0.3 is 0 Å². The van der Waals surface area contributed by atoms with E-state index in [-0.39, 0.29) is 11.0 Å². The molecule has 10 rings (SSSR count). The summed E-state index contributed by atoms with van der Waals surface area (Å²) in [6.45, 7) is 6.53. The Hall–Kier alpha value is -5.66. The first kappa shape index (κ1) is 27.9. The van der Waals surface area contributed by atoms with E-state index in [0.29, 0.717) is 5.69 Å². The van der Waals surface area contributed by atoms with Crippen molar-refractivity contribution in [3.63, 3.8) is 0 Å². The van der Waals surface area contributed by atoms with Gasteiger partial charge in [-0.3, -0.25) is 0 Å². The van der Waals surface area contributed by atoms with Gasteiger partial charge in [-0.05, 0) is 125 Å². The van der Waals surface area contributed by atoms with Crippen LogP contribution in [0, 0.1) is 0 Å². The first-order chi connectivity index (χ1) is 28.8. The third-order valence-electron chi connectivity index (χ3n) is 12.7. The summed E-state index contributed by atoms with van der Waals surface area (Å²) >= 11 is 0. The number of benzene rings is 7. The van der Waals surface area contributed by atoms with Crippen molar-refractivity contribution in [2.24, 2.45) is 0 Å². The quantitative estimate of drug-likeness (QED) is 0.176. The van der Waals surface area contributed by atoms with Crippen LogP contribution in [0.5, 0.6) is 0 Å². The van der Waals surface area contributed by atoms with Gasteiger partial charge in [0.1, 0.15) is 0 Å². The van der Waals surface area contributed by atoms with Crippen LogP contribution >= 0.6 is 0 Å². The van der Waals surface area contributed by atoms with E-state index in [2.05, 4.69) is 179 Å². The zero-order valence-corrected chi connectivity index (χ0v) is 32.4. The molecular formula is C54H49N. The molecule has 3 aliphatic carbocycles. The Kier molecular flexibility index (Phi) is 5.79. The molecule has 270 valence electrons. The molecule has 0 unspecified atom stereocenters. The average molecular weight is 718 g/mol. The molecule has 0 radical (unpaired) electrons. The maximum Gasteiger partial charge on any atom is 0.0726 e. The highest BCUT2D eigenvalue weighted by Gasteiger charge is 2.51. The predicted octanol–water partition coefficient (Wildman–Crippen LogP) is 14.4. The summed E-state index contributed by atoms with van der Waals surface area (Å²) in [6, 6.07) is 54.0. The number of hydrogen-bond acceptors (Lipinski definition) is 1. The topological polar surface area (TPSA) is 3.24 Å². The zero-order valence-electron chi connectivity index (χ0n) is 38.4. The van der Waals surface area contributed by atoms with Gasteiger partial charge in [0.15, 0.2) is 0 Å². The van der Waals surface area contributed by atoms with Gasteiger partial charge in [0, 0.05) is 30.7 Å². The number of fused-ring (bicyclic) bond motifs is 13. The molecular weight excluding hydrogens is 663 g/mol. The maximum absolute atomic E-state index is 8.72. The number of nitrogens with zero attached hydrogens (tertiary/aromatic N) is 1. The van der Waals surface area contributed by atoms with Gasteiger partial charge in [0.05, 0.1) is 5.41 Å². The highest BCUT2D eigenvalue weighted by atomic mass is 15.1. The van der Waals surface area contributed by atoms with Gasteiger partial charge in [-0.1, -0.05) is 171 Å². The zero-order chi connectivity index (χ0) is 43.1. The number of rotatable bonds is 3. The standard InChI is InChI=1S/C54H49N/c1-51(2,3)34-29-35(52(4,5)6)31-38(30-34)55(36-25-27-43-39-17-9-13-21-45(39)53(7,8)49(43)32-36)37-26-28-44-42-20-12-16-24-48(42)54(50(44)33-37)46-22-14-10-18-40(46)41-19-11-15-23-47(41)54/h9-33H,1-8H3/i1D3,2D3. The molecule has 7 aromatic rings. The van der Waals surface area contributed by atoms with Crippen LogP contribution in [0.4, 0.5) is 17.1 Å². The highest BCUT2D eigenvalue weighted by Crippen LogP contribution is 2.63. The fourth-order valence-electron chi connectivity index (χ4n) is 9.96. The first-order valence-corrected chi connectivity index (χ1v) is 19.4. The van der Waals surface area contributed by atoms with Crippen molar-refractivity contribution in [2.75, 3.05) is 4.90 Å². The molecule has 3 aliphatic rings. The second-order valence-corrected chi connectivity index (χ2v) is 17.5. The first-order valence-electron chi connectivity index (χ1n) is 22.4. The van der Waals surface area contributed by atoms with Crippen LogP contribution in [-0.2, 0) is 21.7 Å². The molecule has 1 heteroatoms. The Labute approximate surface area is 335 Å². The SMILES string of the molecule is [2H]C([2H])([2H])C(C)(c1cc(N(c2ccc3c(c2)C(C)(C)c2ccccc2-3)c2ccc3c(c2)C2(c4ccccc4-c4ccccc42)c2ccccc2-3)cc(C(C)(C)C)c1)C([2H])([2H])[2H]. The lowest BCUT2D eigenvalue weighted by molar-refractivity contribution is 0.569. The maximum atomic E-state index is 8.72. The van der Waals surface area contributed by atoms with Gasteiger partial charge in [-0.25, -0.2) is 0 Å². The van der Waals surface area contributed by atoms with Crippen molar-refractivity contribution in [1.29, 1.82) is 0 Å². The van der Waals surface area contributed by atoms with Crippen molar-refractivity contribution >= 4 is 17.1 Å². The lowest BCUT2D eigenvalue weighted by Gasteiger charge is -2.34. The second-order valence-electron chi connectivity index (χ2n) is 17.5. The van der Waals surface area contributed by atoms with E-state index >= 15 is 0 Å². The van der Waals surface area contributed by atoms with Crippen molar-refractivity contribution in [3.8, 4) is 33.4 Å². The second kappa shape index (κ2) is 11.4. The summed E-state index contributed by atoms with van der Waals surface area (Å²) in [4.78, 5) is 2.22. The molecule has 0 saturated carbocycles. The van der Waals surface area contributed by atoms with E-state index in [1.807, 2.05) is 12.1 Å². The van der Waals surface area contributed by atoms with Crippen molar-refractivity contribution < 1.29 is 8.22 Å². The van der Waals surface area contributed by atoms with E-state index in [1.54, 1.807) is 0 Å². The highest BCUT2D eigenvalue weighted by molar-refractivity contribution is 5.96.